The maximum Gasteiger partial charge on any atom is 0.134 e. The lowest BCUT2D eigenvalue weighted by Crippen LogP contribution is -1.82. The molecule has 102 valence electrons. The van der Waals surface area contributed by atoms with Crippen LogP contribution in [0.3, 0.4) is 0 Å². The summed E-state index contributed by atoms with van der Waals surface area (Å²) in [5, 5.41) is 12.6. The first kappa shape index (κ1) is 13.6. The summed E-state index contributed by atoms with van der Waals surface area (Å²) < 4.78 is 5.23. The monoisotopic (exact) mass is 312 g/mol. The molecule has 2 aromatic heterocycles. The van der Waals surface area contributed by atoms with Gasteiger partial charge in [-0.25, -0.2) is 4.98 Å². The van der Waals surface area contributed by atoms with Gasteiger partial charge in [-0.05, 0) is 24.3 Å². The van der Waals surface area contributed by atoms with E-state index >= 15 is 0 Å². The minimum atomic E-state index is 0.482. The van der Waals surface area contributed by atoms with Gasteiger partial charge >= 0.3 is 0 Å². The van der Waals surface area contributed by atoms with Gasteiger partial charge in [0.2, 0.25) is 0 Å². The number of nitriles is 1. The predicted octanol–water partition coefficient (Wildman–Crippen LogP) is 5.12. The number of hydrogen-bond acceptors (Lipinski definition) is 4. The fourth-order valence-corrected chi connectivity index (χ4v) is 2.73. The van der Waals surface area contributed by atoms with Crippen molar-refractivity contribution in [2.45, 2.75) is 0 Å². The molecule has 21 heavy (non-hydrogen) atoms. The molecule has 0 aliphatic carbocycles. The zero-order valence-corrected chi connectivity index (χ0v) is 12.4. The van der Waals surface area contributed by atoms with E-state index in [-0.39, 0.29) is 0 Å². The van der Waals surface area contributed by atoms with Crippen LogP contribution in [0.15, 0.2) is 52.5 Å². The molecule has 0 amide bonds. The number of halogens is 1. The van der Waals surface area contributed by atoms with Crippen LogP contribution < -0.4 is 0 Å². The van der Waals surface area contributed by atoms with Crippen LogP contribution in [0.2, 0.25) is 5.02 Å². The summed E-state index contributed by atoms with van der Waals surface area (Å²) in [5.74, 6) is 0.634. The first-order chi connectivity index (χ1) is 10.3. The number of benzene rings is 1. The molecule has 0 bridgehead atoms. The van der Waals surface area contributed by atoms with Crippen LogP contribution in [0.1, 0.15) is 10.8 Å². The number of hydrogen-bond donors (Lipinski definition) is 0. The number of thiazole rings is 1. The highest BCUT2D eigenvalue weighted by Gasteiger charge is 2.09. The third-order valence-electron chi connectivity index (χ3n) is 2.82. The summed E-state index contributed by atoms with van der Waals surface area (Å²) in [6.07, 6.45) is 3.26. The molecule has 0 aliphatic heterocycles. The van der Waals surface area contributed by atoms with Crippen molar-refractivity contribution in [2.75, 3.05) is 0 Å². The van der Waals surface area contributed by atoms with Gasteiger partial charge in [0.25, 0.3) is 0 Å². The highest BCUT2D eigenvalue weighted by Crippen LogP contribution is 2.27. The molecular weight excluding hydrogens is 304 g/mol. The third kappa shape index (κ3) is 3.05. The Balaban J connectivity index is 1.94. The molecule has 3 aromatic rings. The van der Waals surface area contributed by atoms with Crippen molar-refractivity contribution >= 4 is 34.6 Å². The molecule has 3 rings (SSSR count). The second-order valence-corrected chi connectivity index (χ2v) is 5.52. The van der Waals surface area contributed by atoms with E-state index < -0.39 is 0 Å². The third-order valence-corrected chi connectivity index (χ3v) is 3.95. The van der Waals surface area contributed by atoms with E-state index in [0.29, 0.717) is 21.4 Å². The number of aromatic nitrogens is 1. The summed E-state index contributed by atoms with van der Waals surface area (Å²) >= 11 is 7.30. The van der Waals surface area contributed by atoms with Crippen LogP contribution in [0, 0.1) is 11.3 Å². The van der Waals surface area contributed by atoms with Crippen LogP contribution in [0.5, 0.6) is 0 Å². The smallest absolute Gasteiger partial charge is 0.134 e. The minimum Gasteiger partial charge on any atom is -0.465 e. The summed E-state index contributed by atoms with van der Waals surface area (Å²) in [5.41, 5.74) is 2.28. The summed E-state index contributed by atoms with van der Waals surface area (Å²) in [6.45, 7) is 0. The molecule has 5 heteroatoms. The molecule has 0 saturated carbocycles. The zero-order chi connectivity index (χ0) is 14.7. The van der Waals surface area contributed by atoms with Crippen LogP contribution >= 0.6 is 22.9 Å². The van der Waals surface area contributed by atoms with Crippen molar-refractivity contribution in [3.8, 4) is 17.3 Å². The van der Waals surface area contributed by atoms with Crippen LogP contribution in [0.25, 0.3) is 22.9 Å². The average Bonchev–Trinajstić information content (AvgIpc) is 3.17. The summed E-state index contributed by atoms with van der Waals surface area (Å²) in [4.78, 5) is 4.50. The Labute approximate surface area is 130 Å². The number of nitrogens with zero attached hydrogens (tertiary/aromatic N) is 2. The van der Waals surface area contributed by atoms with Crippen LogP contribution in [0.4, 0.5) is 0 Å². The second-order valence-electron chi connectivity index (χ2n) is 4.23. The molecule has 0 radical (unpaired) electrons. The Hall–Kier alpha value is -2.35. The van der Waals surface area contributed by atoms with E-state index in [0.717, 1.165) is 11.3 Å². The highest BCUT2D eigenvalue weighted by molar-refractivity contribution is 7.11. The van der Waals surface area contributed by atoms with Gasteiger partial charge in [-0.1, -0.05) is 23.7 Å². The Bertz CT molecular complexity index is 811. The Morgan fingerprint density at radius 2 is 2.10 bits per heavy atom. The maximum absolute atomic E-state index is 9.28. The topological polar surface area (TPSA) is 49.8 Å². The van der Waals surface area contributed by atoms with E-state index in [1.165, 1.54) is 11.3 Å². The second kappa shape index (κ2) is 5.96. The van der Waals surface area contributed by atoms with Gasteiger partial charge in [-0.15, -0.1) is 11.3 Å². The average molecular weight is 313 g/mol. The van der Waals surface area contributed by atoms with Crippen LogP contribution in [-0.2, 0) is 0 Å². The van der Waals surface area contributed by atoms with Crippen molar-refractivity contribution in [1.82, 2.24) is 4.98 Å². The lowest BCUT2D eigenvalue weighted by atomic mass is 10.2. The molecular formula is C16H9ClN2OS. The number of furan rings is 1. The summed E-state index contributed by atoms with van der Waals surface area (Å²) in [7, 11) is 0. The SMILES string of the molecule is N#C/C(=C/c1ccco1)c1nc(-c2ccc(Cl)cc2)cs1. The first-order valence-electron chi connectivity index (χ1n) is 6.13. The Morgan fingerprint density at radius 3 is 2.76 bits per heavy atom. The number of rotatable bonds is 3. The van der Waals surface area contributed by atoms with Gasteiger partial charge in [0.15, 0.2) is 0 Å². The number of allylic oxidation sites excluding steroid dienone is 1. The Kier molecular flexibility index (Phi) is 3.87. The largest absolute Gasteiger partial charge is 0.465 e. The van der Waals surface area contributed by atoms with Gasteiger partial charge < -0.3 is 4.42 Å². The maximum atomic E-state index is 9.28. The molecule has 3 nitrogen and oxygen atoms in total. The van der Waals surface area contributed by atoms with E-state index in [1.807, 2.05) is 29.6 Å². The van der Waals surface area contributed by atoms with E-state index in [9.17, 15) is 5.26 Å². The van der Waals surface area contributed by atoms with Crippen molar-refractivity contribution in [2.24, 2.45) is 0 Å². The molecule has 0 aliphatic rings. The lowest BCUT2D eigenvalue weighted by molar-refractivity contribution is 0.557. The molecule has 2 heterocycles. The van der Waals surface area contributed by atoms with E-state index in [4.69, 9.17) is 16.0 Å². The standard InChI is InChI=1S/C16H9ClN2OS/c17-13-5-3-11(4-6-13)15-10-21-16(19-15)12(9-18)8-14-2-1-7-20-14/h1-8,10H/b12-8-. The van der Waals surface area contributed by atoms with Crippen molar-refractivity contribution in [3.05, 3.63) is 63.8 Å². The fraction of sp³-hybridized carbons (Fsp3) is 0. The van der Waals surface area contributed by atoms with Gasteiger partial charge in [-0.2, -0.15) is 5.26 Å². The van der Waals surface area contributed by atoms with E-state index in [2.05, 4.69) is 11.1 Å². The fourth-order valence-electron chi connectivity index (χ4n) is 1.81. The molecule has 0 saturated heterocycles. The highest BCUT2D eigenvalue weighted by atomic mass is 35.5. The van der Waals surface area contributed by atoms with Crippen molar-refractivity contribution in [3.63, 3.8) is 0 Å². The molecule has 0 atom stereocenters. The minimum absolute atomic E-state index is 0.482. The quantitative estimate of drug-likeness (QED) is 0.631. The lowest BCUT2D eigenvalue weighted by Gasteiger charge is -1.96. The van der Waals surface area contributed by atoms with Gasteiger partial charge in [0.05, 0.1) is 17.5 Å². The Morgan fingerprint density at radius 1 is 1.29 bits per heavy atom. The van der Waals surface area contributed by atoms with Gasteiger partial charge in [0.1, 0.15) is 16.8 Å². The van der Waals surface area contributed by atoms with Crippen LogP contribution in [-0.4, -0.2) is 4.98 Å². The van der Waals surface area contributed by atoms with Crippen molar-refractivity contribution in [1.29, 1.82) is 5.26 Å². The molecule has 1 aromatic carbocycles. The van der Waals surface area contributed by atoms with Crippen molar-refractivity contribution < 1.29 is 4.42 Å². The van der Waals surface area contributed by atoms with Gasteiger partial charge in [-0.3, -0.25) is 0 Å². The van der Waals surface area contributed by atoms with Gasteiger partial charge in [0, 0.05) is 22.0 Å². The predicted molar refractivity (Wildman–Crippen MR) is 84.8 cm³/mol. The first-order valence-corrected chi connectivity index (χ1v) is 7.39. The normalized spacial score (nSPS) is 11.3. The molecule has 0 spiro atoms. The molecule has 0 unspecified atom stereocenters. The summed E-state index contributed by atoms with van der Waals surface area (Å²) in [6, 6.07) is 13.2. The zero-order valence-electron chi connectivity index (χ0n) is 10.8. The molecule has 0 fully saturated rings. The molecule has 0 N–H and O–H groups in total. The van der Waals surface area contributed by atoms with E-state index in [1.54, 1.807) is 24.5 Å².